The van der Waals surface area contributed by atoms with Crippen molar-refractivity contribution >= 4 is 81.5 Å². The van der Waals surface area contributed by atoms with E-state index in [1.165, 1.54) is 13.8 Å². The van der Waals surface area contributed by atoms with Crippen LogP contribution in [0, 0.1) is 0 Å². The minimum absolute atomic E-state index is 0.0347. The maximum absolute atomic E-state index is 13.6. The van der Waals surface area contributed by atoms with Gasteiger partial charge in [-0.05, 0) is 23.7 Å². The molecule has 1 N–H and O–H groups in total. The van der Waals surface area contributed by atoms with Crippen LogP contribution in [0.3, 0.4) is 0 Å². The Morgan fingerprint density at radius 1 is 0.394 bits per heavy atom. The molecule has 0 unspecified atom stereocenters. The van der Waals surface area contributed by atoms with E-state index in [9.17, 15) is 48.3 Å². The van der Waals surface area contributed by atoms with Crippen molar-refractivity contribution in [3.63, 3.8) is 0 Å². The first kappa shape index (κ1) is 79.5. The topological polar surface area (TPSA) is 349 Å². The third-order valence-corrected chi connectivity index (χ3v) is 23.3. The van der Waals surface area contributed by atoms with Crippen molar-refractivity contribution in [1.29, 1.82) is 0 Å². The summed E-state index contributed by atoms with van der Waals surface area (Å²) in [6.45, 7) is 17.4. The SMILES string of the molecule is CC(=O)OC[C@H]1O[C@@H](O[C@H]2[C@H](O)[C@@H](CO[C@@H]3O[C@H](CO[Si](C)(C)C(C)(C)C)[C@@H](OCc4ccccc4)[C@H](OC(C)=O)[C@H]3OC(C)=O)O[C@@H](OC[C@H]3O[C@@H]([Se]c4ccccc4)[C@H](OC(C)=O)[C@@H](OC(C)=O)[C@@H]3OCc3ccccc3)[C@@H]2OC(C)=O)[C@H](OC(C)=O)[C@@H](OC(C)=O)[C@@H]1OC(C)=O. The minimum atomic E-state index is -2.62. The van der Waals surface area contributed by atoms with E-state index in [0.717, 1.165) is 58.5 Å². The first-order chi connectivity index (χ1) is 46.8. The third-order valence-electron chi connectivity index (χ3n) is 16.4. The molecule has 99 heavy (non-hydrogen) atoms. The van der Waals surface area contributed by atoms with Crippen LogP contribution in [0.5, 0.6) is 0 Å². The van der Waals surface area contributed by atoms with Gasteiger partial charge in [0.05, 0.1) is 13.2 Å². The Morgan fingerprint density at radius 3 is 1.20 bits per heavy atom. The molecule has 0 saturated carbocycles. The smallest absolute Gasteiger partial charge is 0.455 e. The molecule has 0 aliphatic carbocycles. The summed E-state index contributed by atoms with van der Waals surface area (Å²) in [5, 5.41) is 11.6. The Kier molecular flexibility index (Phi) is 29.5. The van der Waals surface area contributed by atoms with Gasteiger partial charge in [0.25, 0.3) is 0 Å². The van der Waals surface area contributed by atoms with Gasteiger partial charge in [-0.15, -0.1) is 0 Å². The number of aliphatic hydroxyl groups is 1. The van der Waals surface area contributed by atoms with Crippen LogP contribution >= 0.6 is 0 Å². The van der Waals surface area contributed by atoms with Gasteiger partial charge >= 0.3 is 353 Å². The molecular weight excluding hydrogens is 1390 g/mol. The summed E-state index contributed by atoms with van der Waals surface area (Å²) in [5.41, 5.74) is 1.40. The zero-order valence-electron chi connectivity index (χ0n) is 57.7. The number of ether oxygens (including phenoxy) is 18. The molecule has 4 aliphatic rings. The van der Waals surface area contributed by atoms with Crippen molar-refractivity contribution in [2.24, 2.45) is 0 Å². The molecule has 0 aromatic heterocycles. The zero-order chi connectivity index (χ0) is 72.5. The predicted molar refractivity (Wildman–Crippen MR) is 344 cm³/mol. The van der Waals surface area contributed by atoms with Crippen LogP contribution in [0.15, 0.2) is 91.0 Å². The van der Waals surface area contributed by atoms with Crippen LogP contribution in [0.1, 0.15) is 94.2 Å². The van der Waals surface area contributed by atoms with Crippen molar-refractivity contribution in [1.82, 2.24) is 0 Å². The van der Waals surface area contributed by atoms with Gasteiger partial charge in [0.2, 0.25) is 0 Å². The van der Waals surface area contributed by atoms with Gasteiger partial charge in [-0.25, -0.2) is 0 Å². The van der Waals surface area contributed by atoms with Crippen LogP contribution in [0.25, 0.3) is 0 Å². The summed E-state index contributed by atoms with van der Waals surface area (Å²) < 4.78 is 119. The van der Waals surface area contributed by atoms with Crippen molar-refractivity contribution in [2.75, 3.05) is 26.4 Å². The standard InChI is InChI=1S/C68H90O29SeSi/c1-36(69)79-33-50-55(85-37(2)70)59(88-40(5)73)62(91-43(8)76)66(95-50)97-56-52(78)48(32-82-65-61(90-42(7)75)57(86-38(3)71)54(81-31-46-26-20-16-21-27-46)51(94-65)35-84-99(13,14)68(10,11)12)93-64(60(56)89-41(6)74)83-34-49-53(80-30-45-24-18-15-19-25-45)58(87-39(4)72)63(92-44(9)77)67(96-49)98-47-28-22-17-23-29-47/h15-29,48-67,78H,30-35H2,1-14H3/t48-,49-,50-,51-,52-,53-,54-,55-,56+,57+,58+,59+,60-,61-,62-,63-,64-,65-,66+,67+/m1/s1. The number of carbonyl (C=O) groups excluding carboxylic acids is 9. The van der Waals surface area contributed by atoms with Crippen LogP contribution < -0.4 is 4.46 Å². The molecule has 3 aromatic carbocycles. The maximum atomic E-state index is 13.6. The van der Waals surface area contributed by atoms with Gasteiger partial charge in [0.15, 0.2) is 20.5 Å². The Labute approximate surface area is 581 Å². The molecule has 31 heteroatoms. The van der Waals surface area contributed by atoms with Gasteiger partial charge in [-0.1, -0.05) is 51.1 Å². The zero-order valence-corrected chi connectivity index (χ0v) is 60.4. The molecule has 546 valence electrons. The van der Waals surface area contributed by atoms with E-state index in [0.29, 0.717) is 5.56 Å². The fourth-order valence-corrected chi connectivity index (χ4v) is 14.5. The number of aliphatic hydroxyl groups excluding tert-OH is 1. The van der Waals surface area contributed by atoms with E-state index in [2.05, 4.69) is 0 Å². The average molecular weight is 1480 g/mol. The first-order valence-corrected chi connectivity index (χ1v) is 36.9. The van der Waals surface area contributed by atoms with Gasteiger partial charge < -0.3 is 32.8 Å². The van der Waals surface area contributed by atoms with Crippen LogP contribution in [-0.2, 0) is 146 Å². The van der Waals surface area contributed by atoms with Gasteiger partial charge in [0.1, 0.15) is 18.8 Å². The normalized spacial score (nSPS) is 30.1. The van der Waals surface area contributed by atoms with Crippen LogP contribution in [-0.4, -0.2) is 230 Å². The molecule has 4 fully saturated rings. The molecule has 7 rings (SSSR count). The number of hydrogen-bond donors (Lipinski definition) is 1. The van der Waals surface area contributed by atoms with Gasteiger partial charge in [-0.2, -0.15) is 0 Å². The molecule has 3 aromatic rings. The molecule has 0 spiro atoms. The molecule has 4 saturated heterocycles. The number of carbonyl (C=O) groups is 9. The van der Waals surface area contributed by atoms with Gasteiger partial charge in [0, 0.05) is 41.5 Å². The second-order valence-electron chi connectivity index (χ2n) is 25.3. The molecule has 4 heterocycles. The van der Waals surface area contributed by atoms with Gasteiger partial charge in [-0.3, -0.25) is 28.8 Å². The molecule has 0 amide bonds. The summed E-state index contributed by atoms with van der Waals surface area (Å²) in [4.78, 5) is 118. The molecular formula is C68H90O29SeSi. The van der Waals surface area contributed by atoms with Crippen molar-refractivity contribution < 1.29 is 138 Å². The fraction of sp³-hybridized carbons (Fsp3) is 0.603. The Bertz CT molecular complexity index is 3170. The second-order valence-corrected chi connectivity index (χ2v) is 32.6. The molecule has 0 bridgehead atoms. The predicted octanol–water partition coefficient (Wildman–Crippen LogP) is 3.90. The molecule has 20 atom stereocenters. The number of hydrogen-bond acceptors (Lipinski definition) is 29. The molecule has 29 nitrogen and oxygen atoms in total. The van der Waals surface area contributed by atoms with Crippen LogP contribution in [0.4, 0.5) is 0 Å². The minimum Gasteiger partial charge on any atom is -0.455 e. The number of rotatable bonds is 29. The van der Waals surface area contributed by atoms with E-state index in [1.807, 2.05) is 82.4 Å². The van der Waals surface area contributed by atoms with E-state index < -0.39 is 218 Å². The fourth-order valence-electron chi connectivity index (χ4n) is 11.1. The second kappa shape index (κ2) is 36.7. The summed E-state index contributed by atoms with van der Waals surface area (Å²) in [5.74, 6) is -7.94. The Morgan fingerprint density at radius 2 is 0.747 bits per heavy atom. The van der Waals surface area contributed by atoms with E-state index in [-0.39, 0.29) is 24.9 Å². The van der Waals surface area contributed by atoms with E-state index in [1.54, 1.807) is 42.5 Å². The Hall–Kier alpha value is -6.81. The number of esters is 9. The first-order valence-electron chi connectivity index (χ1n) is 32.1. The quantitative estimate of drug-likeness (QED) is 0.0585. The summed E-state index contributed by atoms with van der Waals surface area (Å²) in [6, 6.07) is 27.1. The third kappa shape index (κ3) is 23.1. The van der Waals surface area contributed by atoms with Crippen molar-refractivity contribution in [2.45, 2.75) is 236 Å². The average Bonchev–Trinajstić information content (AvgIpc) is 0.794. The van der Waals surface area contributed by atoms with E-state index >= 15 is 0 Å². The van der Waals surface area contributed by atoms with E-state index in [4.69, 9.17) is 89.7 Å². The van der Waals surface area contributed by atoms with Crippen LogP contribution in [0.2, 0.25) is 18.1 Å². The molecule has 4 aliphatic heterocycles. The summed E-state index contributed by atoms with van der Waals surface area (Å²) >= 11 is -0.705. The van der Waals surface area contributed by atoms with Crippen molar-refractivity contribution in [3.05, 3.63) is 102 Å². The summed E-state index contributed by atoms with van der Waals surface area (Å²) in [7, 11) is -2.62. The monoisotopic (exact) mass is 1480 g/mol. The molecule has 0 radical (unpaired) electrons. The summed E-state index contributed by atoms with van der Waals surface area (Å²) in [6.07, 6.45) is -31.1. The van der Waals surface area contributed by atoms with Crippen molar-refractivity contribution in [3.8, 4) is 0 Å². The number of benzene rings is 3. The Balaban J connectivity index is 1.36.